The molecule has 2 amide bonds. The largest absolute Gasteiger partial charge is 0.396 e. The molecule has 2 aliphatic heterocycles. The van der Waals surface area contributed by atoms with Gasteiger partial charge in [-0.15, -0.1) is 0 Å². The van der Waals surface area contributed by atoms with Gasteiger partial charge in [-0.1, -0.05) is 31.2 Å². The van der Waals surface area contributed by atoms with E-state index in [-0.39, 0.29) is 30.2 Å². The summed E-state index contributed by atoms with van der Waals surface area (Å²) in [6, 6.07) is 7.72. The lowest BCUT2D eigenvalue weighted by atomic mass is 9.86. The Hall–Kier alpha value is -3.26. The molecule has 4 rings (SSSR count). The second-order valence-corrected chi connectivity index (χ2v) is 8.50. The van der Waals surface area contributed by atoms with Crippen LogP contribution >= 0.6 is 0 Å². The Morgan fingerprint density at radius 3 is 2.67 bits per heavy atom. The number of aliphatic hydroxyl groups is 1. The van der Waals surface area contributed by atoms with Crippen LogP contribution in [-0.2, 0) is 11.3 Å². The van der Waals surface area contributed by atoms with Gasteiger partial charge in [0.05, 0.1) is 23.6 Å². The standard InChI is InChI=1S/C25H28FN3O4/c1-3-7-15-10-11-19-22-21(23(31)27-12-4-2)17(14-30)20(13-28(19)24(15)32)29(22)25(33)16-8-5-6-9-18(16)26/h3,5-11,17,20-22,30H,4,12-14H2,1-2H3,(H,27,31)/b7-3-/t17-,20-,21+,22+/m0/s1. The lowest BCUT2D eigenvalue weighted by molar-refractivity contribution is -0.127. The average Bonchev–Trinajstić information content (AvgIpc) is 3.06. The van der Waals surface area contributed by atoms with Crippen molar-refractivity contribution in [1.29, 1.82) is 0 Å². The highest BCUT2D eigenvalue weighted by molar-refractivity contribution is 5.96. The molecule has 3 heterocycles. The lowest BCUT2D eigenvalue weighted by Gasteiger charge is -2.38. The molecular formula is C25H28FN3O4. The van der Waals surface area contributed by atoms with E-state index in [1.165, 1.54) is 23.1 Å². The van der Waals surface area contributed by atoms with Crippen molar-refractivity contribution in [2.45, 2.75) is 38.9 Å². The zero-order chi connectivity index (χ0) is 23.7. The molecule has 174 valence electrons. The Morgan fingerprint density at radius 1 is 1.24 bits per heavy atom. The normalized spacial score (nSPS) is 23.6. The maximum absolute atomic E-state index is 14.5. The fourth-order valence-corrected chi connectivity index (χ4v) is 5.15. The topological polar surface area (TPSA) is 91.6 Å². The number of aliphatic hydroxyl groups excluding tert-OH is 1. The maximum Gasteiger partial charge on any atom is 0.258 e. The lowest BCUT2D eigenvalue weighted by Crippen LogP contribution is -2.49. The first kappa shape index (κ1) is 22.9. The molecule has 1 saturated heterocycles. The molecule has 2 aliphatic rings. The summed E-state index contributed by atoms with van der Waals surface area (Å²) in [5.74, 6) is -2.84. The van der Waals surface area contributed by atoms with Gasteiger partial charge in [-0.2, -0.15) is 0 Å². The highest BCUT2D eigenvalue weighted by Gasteiger charge is 2.57. The predicted molar refractivity (Wildman–Crippen MR) is 122 cm³/mol. The van der Waals surface area contributed by atoms with E-state index in [1.54, 1.807) is 34.9 Å². The van der Waals surface area contributed by atoms with Crippen LogP contribution in [0, 0.1) is 17.7 Å². The molecule has 1 aromatic carbocycles. The SMILES string of the molecule is C/C=C\c1ccc2n(c1=O)C[C@H]1[C@H](CO)[C@@H](C(=O)NCCC)[C@@H]2N1C(=O)c1ccccc1F. The van der Waals surface area contributed by atoms with Crippen molar-refractivity contribution < 1.29 is 19.1 Å². The second kappa shape index (κ2) is 9.31. The summed E-state index contributed by atoms with van der Waals surface area (Å²) in [4.78, 5) is 41.4. The fraction of sp³-hybridized carbons (Fsp3) is 0.400. The maximum atomic E-state index is 14.5. The average molecular weight is 454 g/mol. The monoisotopic (exact) mass is 453 g/mol. The van der Waals surface area contributed by atoms with Crippen molar-refractivity contribution >= 4 is 17.9 Å². The molecule has 8 heteroatoms. The summed E-state index contributed by atoms with van der Waals surface area (Å²) in [5.41, 5.74) is 0.703. The Morgan fingerprint density at radius 2 is 2.00 bits per heavy atom. The van der Waals surface area contributed by atoms with E-state index in [0.717, 1.165) is 6.42 Å². The van der Waals surface area contributed by atoms with Gasteiger partial charge in [0, 0.05) is 36.9 Å². The van der Waals surface area contributed by atoms with Crippen molar-refractivity contribution in [2.75, 3.05) is 13.2 Å². The number of pyridine rings is 1. The van der Waals surface area contributed by atoms with E-state index in [1.807, 2.05) is 13.8 Å². The number of fused-ring (bicyclic) bond motifs is 4. The van der Waals surface area contributed by atoms with E-state index in [2.05, 4.69) is 5.32 Å². The van der Waals surface area contributed by atoms with Gasteiger partial charge in [-0.25, -0.2) is 4.39 Å². The van der Waals surface area contributed by atoms with Gasteiger partial charge in [-0.3, -0.25) is 14.4 Å². The highest BCUT2D eigenvalue weighted by Crippen LogP contribution is 2.49. The minimum atomic E-state index is -0.794. The zero-order valence-electron chi connectivity index (χ0n) is 18.7. The van der Waals surface area contributed by atoms with E-state index >= 15 is 0 Å². The van der Waals surface area contributed by atoms with Crippen molar-refractivity contribution in [1.82, 2.24) is 14.8 Å². The summed E-state index contributed by atoms with van der Waals surface area (Å²) in [5, 5.41) is 13.2. The van der Waals surface area contributed by atoms with Crippen LogP contribution in [0.5, 0.6) is 0 Å². The first-order valence-corrected chi connectivity index (χ1v) is 11.3. The van der Waals surface area contributed by atoms with Crippen molar-refractivity contribution in [3.8, 4) is 0 Å². The highest BCUT2D eigenvalue weighted by atomic mass is 19.1. The minimum absolute atomic E-state index is 0.0971. The number of hydrogen-bond acceptors (Lipinski definition) is 4. The molecule has 33 heavy (non-hydrogen) atoms. The molecule has 2 aromatic rings. The zero-order valence-corrected chi connectivity index (χ0v) is 18.7. The van der Waals surface area contributed by atoms with E-state index < -0.39 is 35.6 Å². The van der Waals surface area contributed by atoms with Crippen LogP contribution in [0.2, 0.25) is 0 Å². The number of rotatable bonds is 6. The summed E-state index contributed by atoms with van der Waals surface area (Å²) >= 11 is 0. The number of amides is 2. The number of allylic oxidation sites excluding steroid dienone is 1. The number of carbonyl (C=O) groups excluding carboxylic acids is 2. The van der Waals surface area contributed by atoms with Crippen LogP contribution in [0.15, 0.2) is 47.3 Å². The first-order chi connectivity index (χ1) is 15.9. The molecule has 2 N–H and O–H groups in total. The summed E-state index contributed by atoms with van der Waals surface area (Å²) < 4.78 is 16.1. The van der Waals surface area contributed by atoms with E-state index in [4.69, 9.17) is 0 Å². The first-order valence-electron chi connectivity index (χ1n) is 11.3. The van der Waals surface area contributed by atoms with E-state index in [9.17, 15) is 23.9 Å². The number of benzene rings is 1. The van der Waals surface area contributed by atoms with Gasteiger partial charge < -0.3 is 19.9 Å². The Bertz CT molecular complexity index is 1160. The van der Waals surface area contributed by atoms with E-state index in [0.29, 0.717) is 17.8 Å². The Labute approximate surface area is 191 Å². The molecule has 7 nitrogen and oxygen atoms in total. The van der Waals surface area contributed by atoms with Crippen LogP contribution in [0.25, 0.3) is 6.08 Å². The quantitative estimate of drug-likeness (QED) is 0.703. The second-order valence-electron chi connectivity index (χ2n) is 8.50. The van der Waals surface area contributed by atoms with Crippen LogP contribution in [-0.4, -0.2) is 45.6 Å². The number of aromatic nitrogens is 1. The molecule has 0 unspecified atom stereocenters. The summed E-state index contributed by atoms with van der Waals surface area (Å²) in [7, 11) is 0. The third-order valence-corrected chi connectivity index (χ3v) is 6.61. The van der Waals surface area contributed by atoms with Crippen LogP contribution in [0.1, 0.15) is 47.9 Å². The van der Waals surface area contributed by atoms with Gasteiger partial charge in [-0.05, 0) is 37.6 Å². The number of hydrogen-bond donors (Lipinski definition) is 2. The van der Waals surface area contributed by atoms with Crippen molar-refractivity contribution in [3.63, 3.8) is 0 Å². The number of nitrogens with zero attached hydrogens (tertiary/aromatic N) is 2. The van der Waals surface area contributed by atoms with Gasteiger partial charge in [0.1, 0.15) is 5.82 Å². The Balaban J connectivity index is 1.88. The summed E-state index contributed by atoms with van der Waals surface area (Å²) in [6.07, 6.45) is 4.22. The predicted octanol–water partition coefficient (Wildman–Crippen LogP) is 2.35. The number of halogens is 1. The van der Waals surface area contributed by atoms with Crippen molar-refractivity contribution in [2.24, 2.45) is 11.8 Å². The smallest absolute Gasteiger partial charge is 0.258 e. The number of carbonyl (C=O) groups is 2. The third kappa shape index (κ3) is 3.78. The van der Waals surface area contributed by atoms with Gasteiger partial charge in [0.15, 0.2) is 0 Å². The minimum Gasteiger partial charge on any atom is -0.396 e. The van der Waals surface area contributed by atoms with Crippen molar-refractivity contribution in [3.05, 3.63) is 75.5 Å². The molecule has 1 aromatic heterocycles. The van der Waals surface area contributed by atoms with Gasteiger partial charge in [0.25, 0.3) is 11.5 Å². The molecule has 2 bridgehead atoms. The molecule has 0 saturated carbocycles. The molecule has 0 spiro atoms. The fourth-order valence-electron chi connectivity index (χ4n) is 5.15. The van der Waals surface area contributed by atoms with Gasteiger partial charge in [0.2, 0.25) is 5.91 Å². The Kier molecular flexibility index (Phi) is 6.47. The molecule has 0 aliphatic carbocycles. The van der Waals surface area contributed by atoms with Crippen LogP contribution in [0.3, 0.4) is 0 Å². The van der Waals surface area contributed by atoms with Gasteiger partial charge >= 0.3 is 0 Å². The molecular weight excluding hydrogens is 425 g/mol. The molecule has 0 radical (unpaired) electrons. The molecule has 4 atom stereocenters. The van der Waals surface area contributed by atoms with Crippen LogP contribution < -0.4 is 10.9 Å². The van der Waals surface area contributed by atoms with Crippen LogP contribution in [0.4, 0.5) is 4.39 Å². The number of nitrogens with one attached hydrogen (secondary N) is 1. The third-order valence-electron chi connectivity index (χ3n) is 6.61. The summed E-state index contributed by atoms with van der Waals surface area (Å²) in [6.45, 7) is 4.00. The molecule has 1 fully saturated rings.